The molecular weight excluding hydrogens is 300 g/mol. The first-order valence-corrected chi connectivity index (χ1v) is 8.94. The van der Waals surface area contributed by atoms with E-state index in [1.165, 1.54) is 5.56 Å². The van der Waals surface area contributed by atoms with Crippen molar-refractivity contribution in [2.45, 2.75) is 53.9 Å². The molecule has 2 amide bonds. The Kier molecular flexibility index (Phi) is 6.03. The number of hydrogen-bond acceptors (Lipinski definition) is 2. The van der Waals surface area contributed by atoms with Gasteiger partial charge in [0.2, 0.25) is 11.8 Å². The number of likely N-dealkylation sites (tertiary alicyclic amines) is 1. The highest BCUT2D eigenvalue weighted by atomic mass is 16.2. The fourth-order valence-electron chi connectivity index (χ4n) is 3.47. The predicted octanol–water partition coefficient (Wildman–Crippen LogP) is 3.84. The molecule has 0 saturated carbocycles. The summed E-state index contributed by atoms with van der Waals surface area (Å²) in [7, 11) is 0. The van der Waals surface area contributed by atoms with Crippen molar-refractivity contribution in [2.24, 2.45) is 11.8 Å². The minimum Gasteiger partial charge on any atom is -0.343 e. The SMILES string of the molecule is Cc1cc(C)c(NC(=O)C2CCN(C(=O)CC(C)C)CC2)c(C)c1. The monoisotopic (exact) mass is 330 g/mol. The third-order valence-electron chi connectivity index (χ3n) is 4.73. The zero-order valence-corrected chi connectivity index (χ0v) is 15.6. The number of aryl methyl sites for hydroxylation is 3. The van der Waals surface area contributed by atoms with E-state index in [2.05, 4.69) is 38.2 Å². The average Bonchev–Trinajstić information content (AvgIpc) is 2.50. The first kappa shape index (κ1) is 18.5. The molecular formula is C20H30N2O2. The molecule has 1 saturated heterocycles. The van der Waals surface area contributed by atoms with Gasteiger partial charge >= 0.3 is 0 Å². The van der Waals surface area contributed by atoms with Gasteiger partial charge in [-0.1, -0.05) is 31.5 Å². The van der Waals surface area contributed by atoms with E-state index in [0.717, 1.165) is 29.7 Å². The van der Waals surface area contributed by atoms with E-state index in [4.69, 9.17) is 0 Å². The summed E-state index contributed by atoms with van der Waals surface area (Å²) in [5.74, 6) is 0.675. The van der Waals surface area contributed by atoms with Crippen LogP contribution in [-0.4, -0.2) is 29.8 Å². The van der Waals surface area contributed by atoms with Gasteiger partial charge in [0.1, 0.15) is 0 Å². The zero-order chi connectivity index (χ0) is 17.9. The number of anilines is 1. The highest BCUT2D eigenvalue weighted by Crippen LogP contribution is 2.25. The van der Waals surface area contributed by atoms with E-state index >= 15 is 0 Å². The van der Waals surface area contributed by atoms with Gasteiger partial charge in [0.15, 0.2) is 0 Å². The van der Waals surface area contributed by atoms with E-state index in [9.17, 15) is 9.59 Å². The molecule has 1 aliphatic rings. The van der Waals surface area contributed by atoms with Gasteiger partial charge in [0, 0.05) is 31.1 Å². The number of piperidine rings is 1. The summed E-state index contributed by atoms with van der Waals surface area (Å²) in [6, 6.07) is 4.19. The summed E-state index contributed by atoms with van der Waals surface area (Å²) in [5.41, 5.74) is 4.35. The maximum absolute atomic E-state index is 12.6. The molecule has 0 unspecified atom stereocenters. The molecule has 0 spiro atoms. The Morgan fingerprint density at radius 2 is 1.67 bits per heavy atom. The van der Waals surface area contributed by atoms with Crippen molar-refractivity contribution in [3.8, 4) is 0 Å². The first-order chi connectivity index (χ1) is 11.3. The number of carbonyl (C=O) groups excluding carboxylic acids is 2. The summed E-state index contributed by atoms with van der Waals surface area (Å²) in [4.78, 5) is 26.6. The van der Waals surface area contributed by atoms with Crippen LogP contribution in [0.2, 0.25) is 0 Å². The Hall–Kier alpha value is -1.84. The van der Waals surface area contributed by atoms with Gasteiger partial charge in [0.25, 0.3) is 0 Å². The molecule has 24 heavy (non-hydrogen) atoms. The topological polar surface area (TPSA) is 49.4 Å². The van der Waals surface area contributed by atoms with Gasteiger partial charge in [-0.2, -0.15) is 0 Å². The van der Waals surface area contributed by atoms with E-state index in [-0.39, 0.29) is 17.7 Å². The number of amides is 2. The summed E-state index contributed by atoms with van der Waals surface area (Å²) < 4.78 is 0. The predicted molar refractivity (Wildman–Crippen MR) is 98.0 cm³/mol. The van der Waals surface area contributed by atoms with Crippen molar-refractivity contribution in [1.29, 1.82) is 0 Å². The molecule has 4 nitrogen and oxygen atoms in total. The van der Waals surface area contributed by atoms with E-state index in [0.29, 0.717) is 25.4 Å². The van der Waals surface area contributed by atoms with Crippen molar-refractivity contribution < 1.29 is 9.59 Å². The molecule has 1 aromatic rings. The normalized spacial score (nSPS) is 15.7. The third-order valence-corrected chi connectivity index (χ3v) is 4.73. The maximum atomic E-state index is 12.6. The number of benzene rings is 1. The molecule has 132 valence electrons. The Morgan fingerprint density at radius 3 is 2.17 bits per heavy atom. The van der Waals surface area contributed by atoms with Crippen molar-refractivity contribution >= 4 is 17.5 Å². The van der Waals surface area contributed by atoms with Crippen LogP contribution in [0.5, 0.6) is 0 Å². The third kappa shape index (κ3) is 4.59. The van der Waals surface area contributed by atoms with Gasteiger partial charge in [-0.3, -0.25) is 9.59 Å². The van der Waals surface area contributed by atoms with Crippen LogP contribution in [0.25, 0.3) is 0 Å². The van der Waals surface area contributed by atoms with Crippen LogP contribution < -0.4 is 5.32 Å². The van der Waals surface area contributed by atoms with Crippen LogP contribution >= 0.6 is 0 Å². The summed E-state index contributed by atoms with van der Waals surface area (Å²) in [6.07, 6.45) is 2.10. The number of nitrogens with zero attached hydrogens (tertiary/aromatic N) is 1. The molecule has 1 fully saturated rings. The van der Waals surface area contributed by atoms with Gasteiger partial charge in [-0.05, 0) is 50.7 Å². The van der Waals surface area contributed by atoms with Crippen molar-refractivity contribution in [2.75, 3.05) is 18.4 Å². The Morgan fingerprint density at radius 1 is 1.12 bits per heavy atom. The molecule has 0 aromatic heterocycles. The minimum atomic E-state index is -0.00629. The van der Waals surface area contributed by atoms with Crippen LogP contribution in [0.1, 0.15) is 49.8 Å². The van der Waals surface area contributed by atoms with E-state index in [1.54, 1.807) is 0 Å². The molecule has 0 atom stereocenters. The maximum Gasteiger partial charge on any atom is 0.227 e. The van der Waals surface area contributed by atoms with Gasteiger partial charge in [-0.15, -0.1) is 0 Å². The largest absolute Gasteiger partial charge is 0.343 e. The lowest BCUT2D eigenvalue weighted by Crippen LogP contribution is -2.41. The molecule has 0 bridgehead atoms. The van der Waals surface area contributed by atoms with E-state index < -0.39 is 0 Å². The fourth-order valence-corrected chi connectivity index (χ4v) is 3.47. The number of hydrogen-bond donors (Lipinski definition) is 1. The standard InChI is InChI=1S/C20H30N2O2/c1-13(2)10-18(23)22-8-6-17(7-9-22)20(24)21-19-15(4)11-14(3)12-16(19)5/h11-13,17H,6-10H2,1-5H3,(H,21,24). The lowest BCUT2D eigenvalue weighted by atomic mass is 9.94. The zero-order valence-electron chi connectivity index (χ0n) is 15.6. The number of nitrogens with one attached hydrogen (secondary N) is 1. The lowest BCUT2D eigenvalue weighted by Gasteiger charge is -2.32. The van der Waals surface area contributed by atoms with Crippen LogP contribution in [0.4, 0.5) is 5.69 Å². The van der Waals surface area contributed by atoms with Gasteiger partial charge < -0.3 is 10.2 Å². The van der Waals surface area contributed by atoms with Crippen LogP contribution in [0, 0.1) is 32.6 Å². The second-order valence-electron chi connectivity index (χ2n) is 7.52. The second kappa shape index (κ2) is 7.82. The van der Waals surface area contributed by atoms with E-state index in [1.807, 2.05) is 18.7 Å². The molecule has 0 aliphatic carbocycles. The van der Waals surface area contributed by atoms with Crippen molar-refractivity contribution in [1.82, 2.24) is 4.90 Å². The van der Waals surface area contributed by atoms with Crippen LogP contribution in [-0.2, 0) is 9.59 Å². The smallest absolute Gasteiger partial charge is 0.227 e. The Bertz CT molecular complexity index is 591. The molecule has 2 rings (SSSR count). The second-order valence-corrected chi connectivity index (χ2v) is 7.52. The fraction of sp³-hybridized carbons (Fsp3) is 0.600. The molecule has 4 heteroatoms. The Labute approximate surface area is 145 Å². The van der Waals surface area contributed by atoms with Gasteiger partial charge in [-0.25, -0.2) is 0 Å². The van der Waals surface area contributed by atoms with Crippen molar-refractivity contribution in [3.63, 3.8) is 0 Å². The average molecular weight is 330 g/mol. The van der Waals surface area contributed by atoms with Crippen LogP contribution in [0.15, 0.2) is 12.1 Å². The molecule has 1 aromatic carbocycles. The van der Waals surface area contributed by atoms with Crippen LogP contribution in [0.3, 0.4) is 0 Å². The number of carbonyl (C=O) groups is 2. The molecule has 1 N–H and O–H groups in total. The molecule has 1 aliphatic heterocycles. The minimum absolute atomic E-state index is 0.00629. The summed E-state index contributed by atoms with van der Waals surface area (Å²) >= 11 is 0. The van der Waals surface area contributed by atoms with Gasteiger partial charge in [0.05, 0.1) is 0 Å². The number of rotatable bonds is 4. The lowest BCUT2D eigenvalue weighted by molar-refractivity contribution is -0.135. The van der Waals surface area contributed by atoms with Crippen molar-refractivity contribution in [3.05, 3.63) is 28.8 Å². The highest BCUT2D eigenvalue weighted by molar-refractivity contribution is 5.94. The summed E-state index contributed by atoms with van der Waals surface area (Å²) in [5, 5.41) is 3.11. The quantitative estimate of drug-likeness (QED) is 0.912. The highest BCUT2D eigenvalue weighted by Gasteiger charge is 2.27. The Balaban J connectivity index is 1.93. The molecule has 0 radical (unpaired) electrons. The molecule has 1 heterocycles. The summed E-state index contributed by atoms with van der Waals surface area (Å²) in [6.45, 7) is 11.6. The first-order valence-electron chi connectivity index (χ1n) is 8.94.